The Morgan fingerprint density at radius 1 is 1.11 bits per heavy atom. The molecule has 3 amide bonds. The molecule has 1 N–H and O–H groups in total. The number of benzene rings is 1. The van der Waals surface area contributed by atoms with Crippen molar-refractivity contribution >= 4 is 40.6 Å². The zero-order valence-corrected chi connectivity index (χ0v) is 15.4. The number of imide groups is 1. The number of thioether (sulfide) groups is 1. The minimum absolute atomic E-state index is 0.176. The molecule has 0 aromatic heterocycles. The van der Waals surface area contributed by atoms with Gasteiger partial charge in [-0.2, -0.15) is 0 Å². The van der Waals surface area contributed by atoms with E-state index >= 15 is 0 Å². The molecule has 0 aliphatic carbocycles. The van der Waals surface area contributed by atoms with E-state index in [0.717, 1.165) is 9.80 Å². The number of hydrogen-bond donors (Lipinski definition) is 1. The summed E-state index contributed by atoms with van der Waals surface area (Å²) in [4.78, 5) is 63.2. The van der Waals surface area contributed by atoms with Gasteiger partial charge in [0.25, 0.3) is 17.7 Å². The van der Waals surface area contributed by atoms with Gasteiger partial charge in [0.2, 0.25) is 0 Å². The van der Waals surface area contributed by atoms with Gasteiger partial charge >= 0.3 is 5.97 Å². The van der Waals surface area contributed by atoms with Crippen molar-refractivity contribution in [3.05, 3.63) is 47.5 Å². The molecular weight excluding hydrogens is 372 g/mol. The summed E-state index contributed by atoms with van der Waals surface area (Å²) >= 11 is 0.710. The van der Waals surface area contributed by atoms with E-state index in [2.05, 4.69) is 6.58 Å². The van der Waals surface area contributed by atoms with Crippen LogP contribution < -0.4 is 0 Å². The molecule has 140 valence electrons. The summed E-state index contributed by atoms with van der Waals surface area (Å²) < 4.78 is 0. The largest absolute Gasteiger partial charge is 0.479 e. The van der Waals surface area contributed by atoms with Crippen molar-refractivity contribution in [3.63, 3.8) is 0 Å². The molecule has 0 radical (unpaired) electrons. The summed E-state index contributed by atoms with van der Waals surface area (Å²) in [6, 6.07) is 3.58. The molecule has 2 aliphatic rings. The lowest BCUT2D eigenvalue weighted by molar-refractivity contribution is -0.161. The van der Waals surface area contributed by atoms with Crippen LogP contribution in [-0.2, 0) is 14.4 Å². The maximum Gasteiger partial charge on any atom is 0.330 e. The quantitative estimate of drug-likeness (QED) is 0.457. The molecule has 2 aliphatic heterocycles. The van der Waals surface area contributed by atoms with Gasteiger partial charge in [-0.05, 0) is 24.6 Å². The maximum absolute atomic E-state index is 12.8. The van der Waals surface area contributed by atoms with Crippen LogP contribution in [0.15, 0.2) is 36.4 Å². The van der Waals surface area contributed by atoms with Gasteiger partial charge < -0.3 is 10.0 Å². The van der Waals surface area contributed by atoms with E-state index in [9.17, 15) is 29.1 Å². The normalized spacial score (nSPS) is 22.4. The Morgan fingerprint density at radius 2 is 1.63 bits per heavy atom. The minimum Gasteiger partial charge on any atom is -0.479 e. The van der Waals surface area contributed by atoms with Crippen LogP contribution in [0.4, 0.5) is 0 Å². The van der Waals surface area contributed by atoms with Gasteiger partial charge in [0.1, 0.15) is 11.4 Å². The molecule has 3 unspecified atom stereocenters. The third-order valence-electron chi connectivity index (χ3n) is 4.42. The van der Waals surface area contributed by atoms with Crippen LogP contribution in [0.5, 0.6) is 0 Å². The summed E-state index contributed by atoms with van der Waals surface area (Å²) in [6.45, 7) is 6.32. The predicted octanol–water partition coefficient (Wildman–Crippen LogP) is 1.13. The van der Waals surface area contributed by atoms with Crippen LogP contribution in [-0.4, -0.2) is 61.2 Å². The van der Waals surface area contributed by atoms with Gasteiger partial charge in [-0.15, -0.1) is 0 Å². The lowest BCUT2D eigenvalue weighted by atomic mass is 9.98. The average Bonchev–Trinajstić information content (AvgIpc) is 2.83. The first-order valence-electron chi connectivity index (χ1n) is 8.01. The van der Waals surface area contributed by atoms with Crippen LogP contribution in [0, 0.1) is 0 Å². The minimum atomic E-state index is -1.35. The van der Waals surface area contributed by atoms with Crippen LogP contribution in [0.25, 0.3) is 0 Å². The first-order valence-corrected chi connectivity index (χ1v) is 8.89. The second-order valence-electron chi connectivity index (χ2n) is 6.30. The smallest absolute Gasteiger partial charge is 0.330 e. The molecule has 9 heteroatoms. The number of carboxylic acids is 1. The van der Waals surface area contributed by atoms with Crippen molar-refractivity contribution in [2.24, 2.45) is 0 Å². The van der Waals surface area contributed by atoms with Crippen molar-refractivity contribution in [2.75, 3.05) is 0 Å². The number of amides is 3. The van der Waals surface area contributed by atoms with E-state index < -0.39 is 41.1 Å². The van der Waals surface area contributed by atoms with Crippen molar-refractivity contribution in [3.8, 4) is 0 Å². The lowest BCUT2D eigenvalue weighted by Crippen LogP contribution is -2.73. The van der Waals surface area contributed by atoms with Gasteiger partial charge in [0.05, 0.1) is 11.1 Å². The number of aliphatic carboxylic acids is 1. The lowest BCUT2D eigenvalue weighted by Gasteiger charge is -2.50. The van der Waals surface area contributed by atoms with Crippen LogP contribution in [0.3, 0.4) is 0 Å². The molecule has 0 spiro atoms. The first kappa shape index (κ1) is 18.8. The fourth-order valence-corrected chi connectivity index (χ4v) is 4.35. The SMILES string of the molecule is C=C(C)C(C(=O)O)N1C(=O)C(N2C(=O)c3ccccc3C2=O)C1SC(C)=O. The Bertz CT molecular complexity index is 862. The highest BCUT2D eigenvalue weighted by Gasteiger charge is 2.59. The van der Waals surface area contributed by atoms with Crippen LogP contribution in [0.2, 0.25) is 0 Å². The number of hydrogen-bond acceptors (Lipinski definition) is 6. The number of carbonyl (C=O) groups excluding carboxylic acids is 4. The second-order valence-corrected chi connectivity index (χ2v) is 7.60. The first-order chi connectivity index (χ1) is 12.7. The van der Waals surface area contributed by atoms with E-state index in [1.807, 2.05) is 0 Å². The predicted molar refractivity (Wildman–Crippen MR) is 95.9 cm³/mol. The van der Waals surface area contributed by atoms with Crippen molar-refractivity contribution < 1.29 is 29.1 Å². The van der Waals surface area contributed by atoms with Crippen LogP contribution >= 0.6 is 11.8 Å². The van der Waals surface area contributed by atoms with E-state index in [0.29, 0.717) is 11.8 Å². The summed E-state index contributed by atoms with van der Waals surface area (Å²) in [5, 5.41) is 8.09. The Labute approximate surface area is 158 Å². The molecule has 3 rings (SSSR count). The summed E-state index contributed by atoms with van der Waals surface area (Å²) in [7, 11) is 0. The van der Waals surface area contributed by atoms with E-state index in [1.54, 1.807) is 12.1 Å². The summed E-state index contributed by atoms with van der Waals surface area (Å²) in [6.07, 6.45) is 0. The van der Waals surface area contributed by atoms with Gasteiger partial charge in [0, 0.05) is 6.92 Å². The molecule has 8 nitrogen and oxygen atoms in total. The fourth-order valence-electron chi connectivity index (χ4n) is 3.30. The highest BCUT2D eigenvalue weighted by Crippen LogP contribution is 2.40. The fraction of sp³-hybridized carbons (Fsp3) is 0.278. The Kier molecular flexibility index (Phi) is 4.64. The number of fused-ring (bicyclic) bond motifs is 1. The zero-order valence-electron chi connectivity index (χ0n) is 14.5. The molecule has 0 bridgehead atoms. The third kappa shape index (κ3) is 2.84. The number of β-lactam (4-membered cyclic amide) rings is 1. The number of rotatable bonds is 5. The number of carboxylic acid groups (broad SMARTS) is 1. The summed E-state index contributed by atoms with van der Waals surface area (Å²) in [5.41, 5.74) is 0.552. The highest BCUT2D eigenvalue weighted by atomic mass is 32.2. The molecule has 1 fully saturated rings. The molecular formula is C18H16N2O6S. The van der Waals surface area contributed by atoms with Gasteiger partial charge in [-0.1, -0.05) is 30.5 Å². The standard InChI is InChI=1S/C18H16N2O6S/c1-8(2)12(18(25)26)20-16(24)13(17(20)27-9(3)21)19-14(22)10-6-4-5-7-11(10)15(19)23/h4-7,12-13,17H,1H2,2-3H3,(H,25,26). The average molecular weight is 388 g/mol. The van der Waals surface area contributed by atoms with Gasteiger partial charge in [-0.3, -0.25) is 24.1 Å². The molecule has 27 heavy (non-hydrogen) atoms. The summed E-state index contributed by atoms with van der Waals surface area (Å²) in [5.74, 6) is -3.28. The Morgan fingerprint density at radius 3 is 2.04 bits per heavy atom. The number of likely N-dealkylation sites (tertiary alicyclic amines) is 1. The second kappa shape index (κ2) is 6.66. The molecule has 0 saturated carbocycles. The molecule has 1 aromatic carbocycles. The van der Waals surface area contributed by atoms with Crippen molar-refractivity contribution in [1.29, 1.82) is 0 Å². The monoisotopic (exact) mass is 388 g/mol. The highest BCUT2D eigenvalue weighted by molar-refractivity contribution is 8.14. The topological polar surface area (TPSA) is 112 Å². The molecule has 1 aromatic rings. The van der Waals surface area contributed by atoms with Crippen molar-refractivity contribution in [2.45, 2.75) is 31.3 Å². The third-order valence-corrected chi connectivity index (χ3v) is 5.48. The molecule has 2 heterocycles. The number of carbonyl (C=O) groups is 5. The Hall–Kier alpha value is -2.94. The van der Waals surface area contributed by atoms with Gasteiger partial charge in [0.15, 0.2) is 11.2 Å². The zero-order chi connectivity index (χ0) is 20.0. The number of nitrogens with zero attached hydrogens (tertiary/aromatic N) is 2. The van der Waals surface area contributed by atoms with E-state index in [4.69, 9.17) is 0 Å². The molecule has 3 atom stereocenters. The van der Waals surface area contributed by atoms with Gasteiger partial charge in [-0.25, -0.2) is 4.79 Å². The van der Waals surface area contributed by atoms with Crippen molar-refractivity contribution in [1.82, 2.24) is 9.80 Å². The molecule has 1 saturated heterocycles. The van der Waals surface area contributed by atoms with E-state index in [1.165, 1.54) is 26.0 Å². The van der Waals surface area contributed by atoms with E-state index in [-0.39, 0.29) is 21.8 Å². The Balaban J connectivity index is 1.99. The maximum atomic E-state index is 12.8. The van der Waals surface area contributed by atoms with Crippen LogP contribution in [0.1, 0.15) is 34.6 Å².